The van der Waals surface area contributed by atoms with Gasteiger partial charge >= 0.3 is 6.03 Å². The molecular formula is C17H24FN5O2. The predicted molar refractivity (Wildman–Crippen MR) is 89.8 cm³/mol. The second kappa shape index (κ2) is 6.74. The van der Waals surface area contributed by atoms with Crippen LogP contribution < -0.4 is 10.2 Å². The van der Waals surface area contributed by atoms with Crippen LogP contribution in [0.2, 0.25) is 0 Å². The largest absolute Gasteiger partial charge is 0.371 e. The maximum absolute atomic E-state index is 12.9. The Kier molecular flexibility index (Phi) is 4.45. The Morgan fingerprint density at radius 3 is 2.76 bits per heavy atom. The molecular weight excluding hydrogens is 325 g/mol. The van der Waals surface area contributed by atoms with Gasteiger partial charge in [-0.1, -0.05) is 0 Å². The zero-order chi connectivity index (χ0) is 17.3. The summed E-state index contributed by atoms with van der Waals surface area (Å²) in [6.07, 6.45) is 6.51. The number of carbonyl (C=O) groups excluding carboxylic acids is 1. The molecule has 1 spiro atoms. The van der Waals surface area contributed by atoms with Gasteiger partial charge in [0, 0.05) is 26.2 Å². The molecule has 0 aromatic carbocycles. The lowest BCUT2D eigenvalue weighted by molar-refractivity contribution is -0.0459. The van der Waals surface area contributed by atoms with Gasteiger partial charge in [0.05, 0.1) is 25.5 Å². The van der Waals surface area contributed by atoms with E-state index in [9.17, 15) is 9.18 Å². The van der Waals surface area contributed by atoms with Crippen LogP contribution in [0, 0.1) is 11.7 Å². The number of hydrogen-bond acceptors (Lipinski definition) is 5. The summed E-state index contributed by atoms with van der Waals surface area (Å²) in [6.45, 7) is 4.62. The molecule has 1 atom stereocenters. The van der Waals surface area contributed by atoms with Crippen LogP contribution in [0.15, 0.2) is 12.4 Å². The van der Waals surface area contributed by atoms with Gasteiger partial charge in [-0.05, 0) is 31.6 Å². The number of nitrogens with zero attached hydrogens (tertiary/aromatic N) is 4. The average molecular weight is 349 g/mol. The molecule has 7 nitrogen and oxygen atoms in total. The van der Waals surface area contributed by atoms with Crippen LogP contribution in [-0.2, 0) is 4.74 Å². The van der Waals surface area contributed by atoms with E-state index in [1.54, 1.807) is 0 Å². The predicted octanol–water partition coefficient (Wildman–Crippen LogP) is 1.41. The standard InChI is InChI=1S/C17H24FN5O2/c18-14-9-20-15(21-10-14)23-11-17(12-23)13(4-8-25-17)3-5-19-16(24)22-6-1-2-7-22/h9-10,13H,1-8,11-12H2,(H,19,24). The molecule has 3 aliphatic rings. The van der Waals surface area contributed by atoms with Crippen molar-refractivity contribution in [2.75, 3.05) is 44.2 Å². The molecule has 3 saturated heterocycles. The number of rotatable bonds is 4. The summed E-state index contributed by atoms with van der Waals surface area (Å²) in [6, 6.07) is 0.0559. The van der Waals surface area contributed by atoms with Crippen molar-refractivity contribution < 1.29 is 13.9 Å². The Morgan fingerprint density at radius 1 is 1.32 bits per heavy atom. The molecule has 25 heavy (non-hydrogen) atoms. The van der Waals surface area contributed by atoms with Gasteiger partial charge in [0.2, 0.25) is 5.95 Å². The number of nitrogens with one attached hydrogen (secondary N) is 1. The molecule has 0 bridgehead atoms. The summed E-state index contributed by atoms with van der Waals surface area (Å²) in [7, 11) is 0. The smallest absolute Gasteiger partial charge is 0.317 e. The molecule has 4 rings (SSSR count). The van der Waals surface area contributed by atoms with Crippen molar-refractivity contribution in [1.29, 1.82) is 0 Å². The number of ether oxygens (including phenoxy) is 1. The number of hydrogen-bond donors (Lipinski definition) is 1. The van der Waals surface area contributed by atoms with E-state index in [4.69, 9.17) is 4.74 Å². The second-order valence-corrected chi connectivity index (χ2v) is 7.17. The molecule has 136 valence electrons. The molecule has 1 aromatic heterocycles. The topological polar surface area (TPSA) is 70.6 Å². The maximum Gasteiger partial charge on any atom is 0.317 e. The van der Waals surface area contributed by atoms with Gasteiger partial charge < -0.3 is 19.9 Å². The fourth-order valence-electron chi connectivity index (χ4n) is 4.14. The number of likely N-dealkylation sites (tertiary alicyclic amines) is 1. The third kappa shape index (κ3) is 3.27. The molecule has 8 heteroatoms. The lowest BCUT2D eigenvalue weighted by Gasteiger charge is -2.50. The average Bonchev–Trinajstić information content (AvgIpc) is 3.24. The van der Waals surface area contributed by atoms with Crippen LogP contribution in [0.5, 0.6) is 0 Å². The van der Waals surface area contributed by atoms with E-state index < -0.39 is 5.82 Å². The van der Waals surface area contributed by atoms with Gasteiger partial charge in [-0.15, -0.1) is 0 Å². The third-order valence-electron chi connectivity index (χ3n) is 5.57. The van der Waals surface area contributed by atoms with E-state index in [1.165, 1.54) is 12.4 Å². The van der Waals surface area contributed by atoms with Crippen LogP contribution in [0.4, 0.5) is 15.1 Å². The molecule has 3 fully saturated rings. The number of urea groups is 1. The van der Waals surface area contributed by atoms with Crippen LogP contribution >= 0.6 is 0 Å². The summed E-state index contributed by atoms with van der Waals surface area (Å²) in [5.74, 6) is 0.536. The first kappa shape index (κ1) is 16.5. The molecule has 3 aliphatic heterocycles. The Bertz CT molecular complexity index is 614. The summed E-state index contributed by atoms with van der Waals surface area (Å²) < 4.78 is 19.0. The SMILES string of the molecule is O=C(NCCC1CCOC12CN(c1ncc(F)cn1)C2)N1CCCC1. The minimum Gasteiger partial charge on any atom is -0.371 e. The first-order valence-electron chi connectivity index (χ1n) is 9.05. The minimum atomic E-state index is -0.428. The molecule has 2 amide bonds. The summed E-state index contributed by atoms with van der Waals surface area (Å²) in [5, 5.41) is 3.04. The zero-order valence-electron chi connectivity index (χ0n) is 14.3. The lowest BCUT2D eigenvalue weighted by atomic mass is 9.79. The van der Waals surface area contributed by atoms with Gasteiger partial charge in [0.15, 0.2) is 5.82 Å². The van der Waals surface area contributed by atoms with Crippen LogP contribution in [0.25, 0.3) is 0 Å². The van der Waals surface area contributed by atoms with Gasteiger partial charge in [-0.3, -0.25) is 0 Å². The summed E-state index contributed by atoms with van der Waals surface area (Å²) >= 11 is 0. The van der Waals surface area contributed by atoms with Gasteiger partial charge in [-0.25, -0.2) is 19.2 Å². The number of aromatic nitrogens is 2. The first-order valence-corrected chi connectivity index (χ1v) is 9.05. The summed E-state index contributed by atoms with van der Waals surface area (Å²) in [5.41, 5.74) is -0.171. The Balaban J connectivity index is 1.27. The van der Waals surface area contributed by atoms with E-state index in [-0.39, 0.29) is 11.6 Å². The van der Waals surface area contributed by atoms with Crippen LogP contribution in [0.3, 0.4) is 0 Å². The fourth-order valence-corrected chi connectivity index (χ4v) is 4.14. The Morgan fingerprint density at radius 2 is 2.04 bits per heavy atom. The van der Waals surface area contributed by atoms with Crippen molar-refractivity contribution in [2.45, 2.75) is 31.3 Å². The highest BCUT2D eigenvalue weighted by molar-refractivity contribution is 5.74. The minimum absolute atomic E-state index is 0.0559. The van der Waals surface area contributed by atoms with Gasteiger partial charge in [0.25, 0.3) is 0 Å². The monoisotopic (exact) mass is 349 g/mol. The molecule has 4 heterocycles. The van der Waals surface area contributed by atoms with Crippen molar-refractivity contribution in [1.82, 2.24) is 20.2 Å². The summed E-state index contributed by atoms with van der Waals surface area (Å²) in [4.78, 5) is 24.0. The number of carbonyl (C=O) groups is 1. The molecule has 0 aliphatic carbocycles. The van der Waals surface area contributed by atoms with E-state index in [1.807, 2.05) is 9.80 Å². The second-order valence-electron chi connectivity index (χ2n) is 7.17. The van der Waals surface area contributed by atoms with E-state index in [2.05, 4.69) is 15.3 Å². The highest BCUT2D eigenvalue weighted by Crippen LogP contribution is 2.42. The molecule has 0 radical (unpaired) electrons. The first-order chi connectivity index (χ1) is 12.2. The Labute approximate surface area is 146 Å². The molecule has 0 saturated carbocycles. The van der Waals surface area contributed by atoms with Crippen molar-refractivity contribution in [2.24, 2.45) is 5.92 Å². The van der Waals surface area contributed by atoms with Crippen LogP contribution in [0.1, 0.15) is 25.7 Å². The van der Waals surface area contributed by atoms with E-state index in [0.717, 1.165) is 58.5 Å². The van der Waals surface area contributed by atoms with E-state index >= 15 is 0 Å². The highest BCUT2D eigenvalue weighted by atomic mass is 19.1. The highest BCUT2D eigenvalue weighted by Gasteiger charge is 2.53. The molecule has 1 aromatic rings. The number of anilines is 1. The number of amides is 2. The number of halogens is 1. The molecule has 1 N–H and O–H groups in total. The molecule has 1 unspecified atom stereocenters. The van der Waals surface area contributed by atoms with E-state index in [0.29, 0.717) is 18.4 Å². The van der Waals surface area contributed by atoms with Crippen molar-refractivity contribution in [3.05, 3.63) is 18.2 Å². The quantitative estimate of drug-likeness (QED) is 0.890. The van der Waals surface area contributed by atoms with Crippen molar-refractivity contribution in [3.63, 3.8) is 0 Å². The van der Waals surface area contributed by atoms with Crippen LogP contribution in [-0.4, -0.2) is 65.8 Å². The van der Waals surface area contributed by atoms with Crippen molar-refractivity contribution >= 4 is 12.0 Å². The zero-order valence-corrected chi connectivity index (χ0v) is 14.3. The van der Waals surface area contributed by atoms with Crippen molar-refractivity contribution in [3.8, 4) is 0 Å². The van der Waals surface area contributed by atoms with Gasteiger partial charge in [-0.2, -0.15) is 0 Å². The Hall–Kier alpha value is -1.96. The maximum atomic E-state index is 12.9. The normalized spacial score (nSPS) is 24.6. The lowest BCUT2D eigenvalue weighted by Crippen LogP contribution is -2.65. The third-order valence-corrected chi connectivity index (χ3v) is 5.57. The fraction of sp³-hybridized carbons (Fsp3) is 0.706. The van der Waals surface area contributed by atoms with Gasteiger partial charge in [0.1, 0.15) is 5.60 Å².